The van der Waals surface area contributed by atoms with E-state index < -0.39 is 142 Å². The van der Waals surface area contributed by atoms with E-state index in [0.717, 1.165) is 0 Å². The van der Waals surface area contributed by atoms with E-state index in [1.54, 1.807) is 33.1 Å². The smallest absolute Gasteiger partial charge is 0.255 e. The third-order valence-electron chi connectivity index (χ3n) is 15.3. The number of carbonyl (C=O) groups is 7. The zero-order chi connectivity index (χ0) is 58.9. The summed E-state index contributed by atoms with van der Waals surface area (Å²) in [5.74, 6) is -14.3. The van der Waals surface area contributed by atoms with Crippen LogP contribution in [0.25, 0.3) is 11.5 Å². The zero-order valence-corrected chi connectivity index (χ0v) is 43.6. The highest BCUT2D eigenvalue weighted by atomic mass is 16.4. The van der Waals surface area contributed by atoms with Crippen LogP contribution < -0.4 is 22.5 Å². The van der Waals surface area contributed by atoms with Gasteiger partial charge in [-0.2, -0.15) is 0 Å². The molecular formula is C46H53B10N7O15. The van der Waals surface area contributed by atoms with Crippen molar-refractivity contribution in [2.24, 2.45) is 35.1 Å². The van der Waals surface area contributed by atoms with Crippen LogP contribution in [-0.4, -0.2) is 240 Å². The number of amides is 3. The summed E-state index contributed by atoms with van der Waals surface area (Å²) < 4.78 is 0. The van der Waals surface area contributed by atoms with E-state index in [9.17, 15) is 74.4 Å². The average molecular weight is 1050 g/mol. The predicted molar refractivity (Wildman–Crippen MR) is 298 cm³/mol. The van der Waals surface area contributed by atoms with Crippen molar-refractivity contribution in [1.29, 1.82) is 0 Å². The lowest BCUT2D eigenvalue weighted by Gasteiger charge is -2.50. The van der Waals surface area contributed by atoms with Crippen molar-refractivity contribution in [1.82, 2.24) is 14.7 Å². The highest BCUT2D eigenvalue weighted by Gasteiger charge is 2.66. The summed E-state index contributed by atoms with van der Waals surface area (Å²) in [4.78, 5) is 94.3. The fourth-order valence-corrected chi connectivity index (χ4v) is 11.9. The van der Waals surface area contributed by atoms with Crippen LogP contribution in [0.4, 0.5) is 11.4 Å². The minimum atomic E-state index is -2.70. The first-order valence-electron chi connectivity index (χ1n) is 24.3. The topological polar surface area (TPSA) is 381 Å². The number of phenols is 2. The molecule has 6 aliphatic carbocycles. The van der Waals surface area contributed by atoms with E-state index in [0.29, 0.717) is 22.5 Å². The summed E-state index contributed by atoms with van der Waals surface area (Å²) in [5, 5.41) is 90.2. The largest absolute Gasteiger partial charge is 0.508 e. The second-order valence-corrected chi connectivity index (χ2v) is 21.0. The van der Waals surface area contributed by atoms with Crippen molar-refractivity contribution in [3.8, 4) is 11.5 Å². The molecule has 3 amide bonds. The maximum atomic E-state index is 13.8. The number of nitrogens with two attached hydrogens (primary N) is 3. The van der Waals surface area contributed by atoms with E-state index in [-0.39, 0.29) is 71.9 Å². The van der Waals surface area contributed by atoms with E-state index in [4.69, 9.17) is 63.6 Å². The number of ketones is 4. The number of anilines is 2. The molecule has 78 heavy (non-hydrogen) atoms. The number of benzene rings is 2. The first-order chi connectivity index (χ1) is 36.1. The number of primary amides is 2. The van der Waals surface area contributed by atoms with Gasteiger partial charge in [0.2, 0.25) is 17.5 Å². The summed E-state index contributed by atoms with van der Waals surface area (Å²) in [6.07, 6.45) is -2.19. The predicted octanol–water partition coefficient (Wildman–Crippen LogP) is -4.80. The van der Waals surface area contributed by atoms with Crippen LogP contribution in [0.15, 0.2) is 58.1 Å². The molecule has 0 aliphatic heterocycles. The van der Waals surface area contributed by atoms with Crippen LogP contribution in [0, 0.1) is 23.7 Å². The highest BCUT2D eigenvalue weighted by Crippen LogP contribution is 2.55. The molecule has 15 N–H and O–H groups in total. The van der Waals surface area contributed by atoms with Crippen LogP contribution in [0.2, 0.25) is 0 Å². The number of phenolic OH excluding ortho intramolecular Hbond substituents is 2. The lowest BCUT2D eigenvalue weighted by atomic mass is 8.58. The molecule has 0 saturated heterocycles. The summed E-state index contributed by atoms with van der Waals surface area (Å²) in [7, 11) is 41.4. The molecule has 2 fully saturated rings. The van der Waals surface area contributed by atoms with Crippen LogP contribution in [0.1, 0.15) is 35.1 Å². The Kier molecular flexibility index (Phi) is 17.4. The Morgan fingerprint density at radius 2 is 1.00 bits per heavy atom. The Labute approximate surface area is 458 Å². The molecular weight excluding hydrogens is 999 g/mol. The molecule has 32 heteroatoms. The fourth-order valence-electron chi connectivity index (χ4n) is 11.9. The molecule has 2 aromatic carbocycles. The number of Topliss-reactive ketones (excluding diaryl/α,β-unsaturated/α-hetero) is 4. The van der Waals surface area contributed by atoms with Gasteiger partial charge in [0.25, 0.3) is 11.8 Å². The molecule has 12 radical (unpaired) electrons. The number of aromatic hydroxyl groups is 2. The number of nitrogen functional groups attached to an aromatic ring is 1. The normalized spacial score (nSPS) is 26.0. The minimum Gasteiger partial charge on any atom is -0.508 e. The number of fused-ring (bicyclic) bond motifs is 6. The molecule has 0 heterocycles. The first kappa shape index (κ1) is 60.8. The van der Waals surface area contributed by atoms with Gasteiger partial charge in [-0.3, -0.25) is 43.4 Å². The Morgan fingerprint density at radius 1 is 0.628 bits per heavy atom. The van der Waals surface area contributed by atoms with Gasteiger partial charge in [0.1, 0.15) is 45.7 Å². The number of nitrogens with one attached hydrogen (secondary N) is 1. The first-order valence-corrected chi connectivity index (χ1v) is 24.3. The number of hydrogen-bond acceptors (Lipinski definition) is 19. The van der Waals surface area contributed by atoms with Gasteiger partial charge in [-0.25, -0.2) is 0 Å². The molecule has 8 rings (SSSR count). The van der Waals surface area contributed by atoms with E-state index in [1.165, 1.54) is 48.2 Å². The number of rotatable bonds is 10. The second-order valence-electron chi connectivity index (χ2n) is 21.0. The van der Waals surface area contributed by atoms with Gasteiger partial charge in [0.15, 0.2) is 22.8 Å². The Hall–Kier alpha value is -6.46. The van der Waals surface area contributed by atoms with Crippen molar-refractivity contribution in [2.75, 3.05) is 59.9 Å². The molecule has 2 aromatic rings. The van der Waals surface area contributed by atoms with Gasteiger partial charge in [-0.15, -0.1) is 0 Å². The van der Waals surface area contributed by atoms with Crippen LogP contribution in [-0.2, 0) is 46.4 Å². The lowest BCUT2D eigenvalue weighted by Crippen LogP contribution is -2.65. The SMILES string of the molecule is CN(C)CC(=O)Nc1ccc(O)c2c1CC1CC3[C@H](N(C)C)C(=O)C(C(N)=O)=C(O)[C@@]3(O)C(=O)C1=C2O.CN(C)[C@@H]1C(=O)C(C(N)=O)=C(O)[C@@]2(O)C(=O)C3=C(O)c4c(O)ccc(N)c4CC3CC12.[B]B([B])B(B([B])[B])B([B])[B]. The second kappa shape index (κ2) is 22.4. The molecule has 6 aliphatic rings. The van der Waals surface area contributed by atoms with Gasteiger partial charge in [-0.05, 0) is 115 Å². The molecule has 392 valence electrons. The van der Waals surface area contributed by atoms with Crippen molar-refractivity contribution in [2.45, 2.75) is 49.0 Å². The summed E-state index contributed by atoms with van der Waals surface area (Å²) in [6, 6.07) is 3.23. The van der Waals surface area contributed by atoms with Crippen molar-refractivity contribution in [3.05, 3.63) is 80.3 Å². The van der Waals surface area contributed by atoms with Gasteiger partial charge in [-0.1, -0.05) is 0 Å². The maximum absolute atomic E-state index is 13.8. The third-order valence-corrected chi connectivity index (χ3v) is 15.3. The van der Waals surface area contributed by atoms with Crippen molar-refractivity contribution >= 4 is 136 Å². The van der Waals surface area contributed by atoms with Gasteiger partial charge in [0.05, 0.1) is 29.8 Å². The summed E-state index contributed by atoms with van der Waals surface area (Å²) in [6.45, 7) is 0.0835. The average Bonchev–Trinajstić information content (AvgIpc) is 3.36. The van der Waals surface area contributed by atoms with Gasteiger partial charge < -0.3 is 68.3 Å². The van der Waals surface area contributed by atoms with Crippen molar-refractivity contribution in [3.63, 3.8) is 0 Å². The van der Waals surface area contributed by atoms with Gasteiger partial charge in [0, 0.05) is 106 Å². The Morgan fingerprint density at radius 3 is 1.35 bits per heavy atom. The van der Waals surface area contributed by atoms with E-state index in [2.05, 4.69) is 5.32 Å². The Bertz CT molecular complexity index is 3020. The van der Waals surface area contributed by atoms with Crippen molar-refractivity contribution < 1.29 is 74.4 Å². The monoisotopic (exact) mass is 1050 g/mol. The van der Waals surface area contributed by atoms with E-state index >= 15 is 0 Å². The fraction of sp³-hybridized carbons (Fsp3) is 0.413. The molecule has 8 atom stereocenters. The number of hydrogen-bond donors (Lipinski definition) is 12. The quantitative estimate of drug-likeness (QED) is 0.0460. The highest BCUT2D eigenvalue weighted by molar-refractivity contribution is 8.00. The standard InChI is InChI=1S/C25H30N4O8.C21H23N3O7.B10/c1-28(2)9-15(31)27-13-5-6-14(30)17-11(13)7-10-8-12-19(29(3)4)21(33)18(24(26)36)23(35)25(12,37)22(34)16(10)20(17)32;1-24(2)15-9-6-7-5-8-10(22)3-4-11(25)13(8)16(26)12(7)18(28)21(9,31)19(29)14(17(15)27)20(23)30;1-7(2)10(8(3)4)9(5)6/h5-6,10,12,19,30,32,35,37H,7-9H2,1-4H3,(H2,26,36)(H,27,31);3-4,7,9,15,25-26,29,31H,5-6,22H2,1-2H3,(H2,23,30);/t10?,12?,19-,25-;7?,9?,15-,21-;/m00./s1. The minimum absolute atomic E-state index is 0.0173. The Balaban J connectivity index is 0.000000217. The molecule has 0 aromatic heterocycles. The molecule has 0 bridgehead atoms. The zero-order valence-electron chi connectivity index (χ0n) is 43.6. The molecule has 4 unspecified atom stereocenters. The van der Waals surface area contributed by atoms with Gasteiger partial charge >= 0.3 is 0 Å². The number of likely N-dealkylation sites (N-methyl/N-ethyl adjacent to an activating group) is 3. The lowest BCUT2D eigenvalue weighted by molar-refractivity contribution is -0.155. The van der Waals surface area contributed by atoms with Crippen LogP contribution >= 0.6 is 0 Å². The summed E-state index contributed by atoms with van der Waals surface area (Å²) in [5.41, 5.74) is 10.5. The molecule has 0 spiro atoms. The van der Waals surface area contributed by atoms with Crippen LogP contribution in [0.3, 0.4) is 0 Å². The molecule has 2 saturated carbocycles. The maximum Gasteiger partial charge on any atom is 0.255 e. The number of aliphatic hydroxyl groups is 6. The number of aliphatic hydroxyl groups excluding tert-OH is 4. The number of carbonyl (C=O) groups excluding carboxylic acids is 7. The van der Waals surface area contributed by atoms with Crippen LogP contribution in [0.5, 0.6) is 11.5 Å². The summed E-state index contributed by atoms with van der Waals surface area (Å²) >= 11 is 0. The van der Waals surface area contributed by atoms with E-state index in [1.807, 2.05) is 0 Å². The third kappa shape index (κ3) is 10.1. The molecule has 22 nitrogen and oxygen atoms in total. The number of nitrogens with zero attached hydrogens (tertiary/aromatic N) is 3.